The van der Waals surface area contributed by atoms with Crippen LogP contribution in [0.25, 0.3) is 11.1 Å². The van der Waals surface area contributed by atoms with E-state index in [1.165, 1.54) is 6.07 Å². The molecule has 27 heavy (non-hydrogen) atoms. The van der Waals surface area contributed by atoms with Crippen LogP contribution in [0, 0.1) is 5.82 Å². The van der Waals surface area contributed by atoms with Gasteiger partial charge in [-0.25, -0.2) is 14.4 Å². The second-order valence-corrected chi connectivity index (χ2v) is 6.94. The molecule has 0 bridgehead atoms. The van der Waals surface area contributed by atoms with Gasteiger partial charge in [0, 0.05) is 36.1 Å². The Balaban J connectivity index is 1.71. The number of anilines is 1. The molecule has 0 aliphatic rings. The first-order valence-corrected chi connectivity index (χ1v) is 8.58. The summed E-state index contributed by atoms with van der Waals surface area (Å²) in [6.45, 7) is 4.24. The highest BCUT2D eigenvalue weighted by atomic mass is 19.1. The van der Waals surface area contributed by atoms with Crippen molar-refractivity contribution in [2.24, 2.45) is 5.73 Å². The highest BCUT2D eigenvalue weighted by Gasteiger charge is 2.25. The zero-order valence-corrected chi connectivity index (χ0v) is 15.2. The standard InChI is InChI=1S/C20H22FN5O/c1-20(2,17-16(21)7-4-8-23-17)12-26-19-24-10-15(11-25-19)13-5-3-6-14(9-13)18(22)27/h3-11,18,27H,12,22H2,1-2H3,(H,24,25,26). The molecule has 0 aliphatic heterocycles. The van der Waals surface area contributed by atoms with Crippen LogP contribution in [0.5, 0.6) is 0 Å². The second-order valence-electron chi connectivity index (χ2n) is 6.94. The SMILES string of the molecule is CC(C)(CNc1ncc(-c2cccc(C(N)O)c2)cn1)c1ncccc1F. The van der Waals surface area contributed by atoms with Crippen LogP contribution in [0.4, 0.5) is 10.3 Å². The van der Waals surface area contributed by atoms with Crippen molar-refractivity contribution in [1.82, 2.24) is 15.0 Å². The van der Waals surface area contributed by atoms with Gasteiger partial charge in [0.2, 0.25) is 5.95 Å². The van der Waals surface area contributed by atoms with Crippen molar-refractivity contribution in [2.75, 3.05) is 11.9 Å². The average molecular weight is 367 g/mol. The number of halogens is 1. The number of hydrogen-bond donors (Lipinski definition) is 3. The van der Waals surface area contributed by atoms with Crippen LogP contribution in [-0.2, 0) is 5.41 Å². The molecule has 2 aromatic heterocycles. The zero-order valence-electron chi connectivity index (χ0n) is 15.2. The summed E-state index contributed by atoms with van der Waals surface area (Å²) < 4.78 is 14.0. The van der Waals surface area contributed by atoms with Gasteiger partial charge in [-0.15, -0.1) is 0 Å². The minimum atomic E-state index is -1.03. The first-order valence-electron chi connectivity index (χ1n) is 8.58. The van der Waals surface area contributed by atoms with E-state index in [0.717, 1.165) is 11.1 Å². The minimum Gasteiger partial charge on any atom is -0.375 e. The fourth-order valence-electron chi connectivity index (χ4n) is 2.74. The Hall–Kier alpha value is -2.90. The average Bonchev–Trinajstić information content (AvgIpc) is 2.67. The van der Waals surface area contributed by atoms with Gasteiger partial charge in [-0.2, -0.15) is 0 Å². The minimum absolute atomic E-state index is 0.331. The number of pyridine rings is 1. The Morgan fingerprint density at radius 2 is 1.85 bits per heavy atom. The summed E-state index contributed by atoms with van der Waals surface area (Å²) in [5.74, 6) is 0.112. The lowest BCUT2D eigenvalue weighted by Crippen LogP contribution is -2.30. The monoisotopic (exact) mass is 367 g/mol. The van der Waals surface area contributed by atoms with Crippen LogP contribution < -0.4 is 11.1 Å². The maximum absolute atomic E-state index is 14.0. The molecule has 4 N–H and O–H groups in total. The number of aliphatic hydroxyl groups excluding tert-OH is 1. The summed E-state index contributed by atoms with van der Waals surface area (Å²) >= 11 is 0. The number of hydrogen-bond acceptors (Lipinski definition) is 6. The fourth-order valence-corrected chi connectivity index (χ4v) is 2.74. The first-order chi connectivity index (χ1) is 12.9. The number of benzene rings is 1. The van der Waals surface area contributed by atoms with E-state index in [-0.39, 0.29) is 5.82 Å². The van der Waals surface area contributed by atoms with Crippen molar-refractivity contribution in [3.63, 3.8) is 0 Å². The summed E-state index contributed by atoms with van der Waals surface area (Å²) in [5.41, 5.74) is 7.66. The molecule has 1 aromatic carbocycles. The van der Waals surface area contributed by atoms with Crippen molar-refractivity contribution < 1.29 is 9.50 Å². The summed E-state index contributed by atoms with van der Waals surface area (Å²) in [6, 6.07) is 10.2. The van der Waals surface area contributed by atoms with E-state index in [2.05, 4.69) is 20.3 Å². The molecule has 0 spiro atoms. The van der Waals surface area contributed by atoms with E-state index in [1.54, 1.807) is 36.8 Å². The van der Waals surface area contributed by atoms with Crippen LogP contribution >= 0.6 is 0 Å². The molecular weight excluding hydrogens is 345 g/mol. The zero-order chi connectivity index (χ0) is 19.4. The van der Waals surface area contributed by atoms with Gasteiger partial charge in [0.15, 0.2) is 0 Å². The van der Waals surface area contributed by atoms with Crippen molar-refractivity contribution >= 4 is 5.95 Å². The molecule has 0 saturated carbocycles. The third-order valence-corrected chi connectivity index (χ3v) is 4.30. The number of rotatable bonds is 6. The summed E-state index contributed by atoms with van der Waals surface area (Å²) in [6.07, 6.45) is 3.93. The van der Waals surface area contributed by atoms with E-state index in [9.17, 15) is 9.50 Å². The quantitative estimate of drug-likeness (QED) is 0.580. The Labute approximate surface area is 157 Å². The van der Waals surface area contributed by atoms with E-state index >= 15 is 0 Å². The molecule has 3 rings (SSSR count). The number of aliphatic hydroxyl groups is 1. The lowest BCUT2D eigenvalue weighted by molar-refractivity contribution is 0.186. The second kappa shape index (κ2) is 7.77. The largest absolute Gasteiger partial charge is 0.375 e. The molecule has 0 saturated heterocycles. The number of nitrogens with zero attached hydrogens (tertiary/aromatic N) is 3. The van der Waals surface area contributed by atoms with Gasteiger partial charge in [0.05, 0.1) is 5.69 Å². The maximum atomic E-state index is 14.0. The van der Waals surface area contributed by atoms with E-state index in [1.807, 2.05) is 26.0 Å². The third-order valence-electron chi connectivity index (χ3n) is 4.30. The topological polar surface area (TPSA) is 97.0 Å². The maximum Gasteiger partial charge on any atom is 0.222 e. The molecule has 7 heteroatoms. The third kappa shape index (κ3) is 4.45. The highest BCUT2D eigenvalue weighted by molar-refractivity contribution is 5.63. The van der Waals surface area contributed by atoms with Gasteiger partial charge < -0.3 is 16.2 Å². The van der Waals surface area contributed by atoms with Crippen LogP contribution in [0.1, 0.15) is 31.3 Å². The van der Waals surface area contributed by atoms with Crippen molar-refractivity contribution in [1.29, 1.82) is 0 Å². The van der Waals surface area contributed by atoms with Crippen LogP contribution in [0.15, 0.2) is 55.0 Å². The molecule has 0 fully saturated rings. The first kappa shape index (κ1) is 18.9. The fraction of sp³-hybridized carbons (Fsp3) is 0.250. The molecule has 1 unspecified atom stereocenters. The smallest absolute Gasteiger partial charge is 0.222 e. The van der Waals surface area contributed by atoms with Crippen molar-refractivity contribution in [2.45, 2.75) is 25.5 Å². The van der Waals surface area contributed by atoms with Gasteiger partial charge in [-0.05, 0) is 29.3 Å². The lowest BCUT2D eigenvalue weighted by atomic mass is 9.88. The molecule has 1 atom stereocenters. The molecule has 0 amide bonds. The highest BCUT2D eigenvalue weighted by Crippen LogP contribution is 2.24. The molecule has 140 valence electrons. The van der Waals surface area contributed by atoms with Gasteiger partial charge in [-0.3, -0.25) is 4.98 Å². The molecular formula is C20H22FN5O. The summed E-state index contributed by atoms with van der Waals surface area (Å²) in [5, 5.41) is 12.6. The van der Waals surface area contributed by atoms with Crippen molar-refractivity contribution in [3.8, 4) is 11.1 Å². The van der Waals surface area contributed by atoms with Gasteiger partial charge in [0.1, 0.15) is 12.0 Å². The predicted molar refractivity (Wildman–Crippen MR) is 102 cm³/mol. The molecule has 2 heterocycles. The van der Waals surface area contributed by atoms with Gasteiger partial charge >= 0.3 is 0 Å². The Kier molecular flexibility index (Phi) is 5.43. The van der Waals surface area contributed by atoms with Crippen LogP contribution in [0.3, 0.4) is 0 Å². The lowest BCUT2D eigenvalue weighted by Gasteiger charge is -2.24. The van der Waals surface area contributed by atoms with Crippen molar-refractivity contribution in [3.05, 3.63) is 72.1 Å². The molecule has 6 nitrogen and oxygen atoms in total. The molecule has 0 aliphatic carbocycles. The van der Waals surface area contributed by atoms with Gasteiger partial charge in [0.25, 0.3) is 0 Å². The number of nitrogens with one attached hydrogen (secondary N) is 1. The predicted octanol–water partition coefficient (Wildman–Crippen LogP) is 3.02. The van der Waals surface area contributed by atoms with Crippen LogP contribution in [0.2, 0.25) is 0 Å². The normalized spacial score (nSPS) is 12.6. The Bertz CT molecular complexity index is 912. The molecule has 3 aromatic rings. The summed E-state index contributed by atoms with van der Waals surface area (Å²) in [4.78, 5) is 12.8. The Morgan fingerprint density at radius 1 is 1.11 bits per heavy atom. The number of nitrogens with two attached hydrogens (primary N) is 1. The summed E-state index contributed by atoms with van der Waals surface area (Å²) in [7, 11) is 0. The van der Waals surface area contributed by atoms with E-state index < -0.39 is 11.6 Å². The van der Waals surface area contributed by atoms with E-state index in [0.29, 0.717) is 23.8 Å². The number of aromatic nitrogens is 3. The van der Waals surface area contributed by atoms with E-state index in [4.69, 9.17) is 5.73 Å². The van der Waals surface area contributed by atoms with Crippen LogP contribution in [-0.4, -0.2) is 26.6 Å². The molecule has 0 radical (unpaired) electrons. The van der Waals surface area contributed by atoms with Gasteiger partial charge in [-0.1, -0.05) is 32.0 Å². The Morgan fingerprint density at radius 3 is 2.52 bits per heavy atom.